The van der Waals surface area contributed by atoms with Crippen molar-refractivity contribution in [3.63, 3.8) is 0 Å². The van der Waals surface area contributed by atoms with Crippen molar-refractivity contribution >= 4 is 23.4 Å². The molecule has 3 rings (SSSR count). The van der Waals surface area contributed by atoms with Crippen LogP contribution in [0.25, 0.3) is 0 Å². The van der Waals surface area contributed by atoms with Gasteiger partial charge in [-0.05, 0) is 37.5 Å². The minimum absolute atomic E-state index is 0.0676. The molecule has 0 radical (unpaired) electrons. The summed E-state index contributed by atoms with van der Waals surface area (Å²) in [6.45, 7) is 0. The predicted molar refractivity (Wildman–Crippen MR) is 94.2 cm³/mol. The van der Waals surface area contributed by atoms with E-state index in [1.807, 2.05) is 0 Å². The monoisotopic (exact) mass is 399 g/mol. The van der Waals surface area contributed by atoms with Gasteiger partial charge in [0.1, 0.15) is 10.8 Å². The summed E-state index contributed by atoms with van der Waals surface area (Å²) >= 11 is 1.08. The van der Waals surface area contributed by atoms with Crippen LogP contribution in [0.1, 0.15) is 23.2 Å². The number of fused-ring (bicyclic) bond motifs is 1. The number of alkyl halides is 3. The van der Waals surface area contributed by atoms with E-state index in [0.717, 1.165) is 60.5 Å². The van der Waals surface area contributed by atoms with Gasteiger partial charge in [-0.15, -0.1) is 0 Å². The number of aryl methyl sites for hydroxylation is 1. The maximum Gasteiger partial charge on any atom is 0.416 e. The summed E-state index contributed by atoms with van der Waals surface area (Å²) in [7, 11) is 1.30. The van der Waals surface area contributed by atoms with Crippen LogP contribution < -0.4 is 15.7 Å². The standard InChI is InChI=1S/C17H16F3N3O3S/c1-26-13-6-5-9(17(18,19)20)7-12(13)21-14(24)8-27-15-10-3-2-4-11(10)22-16(25)23-15/h5-7H,2-4,8H2,1H3,(H,21,24)(H,22,23,25). The molecule has 1 heterocycles. The van der Waals surface area contributed by atoms with Crippen molar-refractivity contribution in [3.8, 4) is 5.75 Å². The highest BCUT2D eigenvalue weighted by atomic mass is 32.2. The maximum atomic E-state index is 12.9. The number of anilines is 1. The van der Waals surface area contributed by atoms with Gasteiger partial charge >= 0.3 is 11.9 Å². The molecule has 0 saturated heterocycles. The van der Waals surface area contributed by atoms with Gasteiger partial charge in [-0.3, -0.25) is 4.79 Å². The molecule has 144 valence electrons. The van der Waals surface area contributed by atoms with Crippen molar-refractivity contribution in [1.82, 2.24) is 9.97 Å². The second-order valence-corrected chi connectivity index (χ2v) is 6.87. The smallest absolute Gasteiger partial charge is 0.416 e. The highest BCUT2D eigenvalue weighted by Gasteiger charge is 2.31. The third-order valence-electron chi connectivity index (χ3n) is 4.08. The second kappa shape index (κ2) is 7.63. The van der Waals surface area contributed by atoms with Gasteiger partial charge in [0.25, 0.3) is 0 Å². The molecule has 0 unspecified atom stereocenters. The fourth-order valence-electron chi connectivity index (χ4n) is 2.86. The van der Waals surface area contributed by atoms with Gasteiger partial charge in [0.15, 0.2) is 0 Å². The molecule has 0 spiro atoms. The van der Waals surface area contributed by atoms with Crippen LogP contribution in [0, 0.1) is 0 Å². The zero-order valence-electron chi connectivity index (χ0n) is 14.3. The number of thioether (sulfide) groups is 1. The number of aromatic amines is 1. The average Bonchev–Trinajstić information content (AvgIpc) is 3.07. The normalized spacial score (nSPS) is 13.3. The van der Waals surface area contributed by atoms with E-state index in [1.165, 1.54) is 7.11 Å². The molecule has 0 atom stereocenters. The lowest BCUT2D eigenvalue weighted by Crippen LogP contribution is -2.18. The molecule has 2 N–H and O–H groups in total. The van der Waals surface area contributed by atoms with E-state index in [1.54, 1.807) is 0 Å². The van der Waals surface area contributed by atoms with E-state index in [2.05, 4.69) is 15.3 Å². The summed E-state index contributed by atoms with van der Waals surface area (Å²) in [6, 6.07) is 2.86. The molecule has 1 aliphatic carbocycles. The first-order chi connectivity index (χ1) is 12.8. The van der Waals surface area contributed by atoms with Crippen LogP contribution in [-0.2, 0) is 23.8 Å². The van der Waals surface area contributed by atoms with Crippen molar-refractivity contribution in [1.29, 1.82) is 0 Å². The molecule has 0 aliphatic heterocycles. The Morgan fingerprint density at radius 2 is 2.15 bits per heavy atom. The van der Waals surface area contributed by atoms with E-state index >= 15 is 0 Å². The molecule has 6 nitrogen and oxygen atoms in total. The molecule has 0 bridgehead atoms. The number of aromatic nitrogens is 2. The summed E-state index contributed by atoms with van der Waals surface area (Å²) in [6.07, 6.45) is -2.10. The van der Waals surface area contributed by atoms with E-state index in [-0.39, 0.29) is 17.2 Å². The Bertz CT molecular complexity index is 928. The van der Waals surface area contributed by atoms with Gasteiger partial charge in [-0.2, -0.15) is 18.2 Å². The molecule has 1 aliphatic rings. The Hall–Kier alpha value is -2.49. The molecular formula is C17H16F3N3O3S. The number of benzene rings is 1. The Morgan fingerprint density at radius 3 is 2.85 bits per heavy atom. The van der Waals surface area contributed by atoms with Gasteiger partial charge in [0.05, 0.1) is 24.1 Å². The Kier molecular flexibility index (Phi) is 5.45. The average molecular weight is 399 g/mol. The van der Waals surface area contributed by atoms with Crippen molar-refractivity contribution in [3.05, 3.63) is 45.5 Å². The quantitative estimate of drug-likeness (QED) is 0.597. The summed E-state index contributed by atoms with van der Waals surface area (Å²) in [5.41, 5.74) is 0.321. The number of nitrogens with one attached hydrogen (secondary N) is 2. The zero-order chi connectivity index (χ0) is 19.6. The van der Waals surface area contributed by atoms with Crippen LogP contribution in [-0.4, -0.2) is 28.7 Å². The number of methoxy groups -OCH3 is 1. The van der Waals surface area contributed by atoms with Crippen molar-refractivity contribution in [2.24, 2.45) is 0 Å². The number of halogens is 3. The lowest BCUT2D eigenvalue weighted by molar-refractivity contribution is -0.137. The summed E-state index contributed by atoms with van der Waals surface area (Å²) in [5.74, 6) is -0.495. The summed E-state index contributed by atoms with van der Waals surface area (Å²) in [4.78, 5) is 30.4. The van der Waals surface area contributed by atoms with Crippen LogP contribution in [0.4, 0.5) is 18.9 Å². The summed E-state index contributed by atoms with van der Waals surface area (Å²) in [5, 5.41) is 2.91. The maximum absolute atomic E-state index is 12.9. The Balaban J connectivity index is 1.73. The van der Waals surface area contributed by atoms with Gasteiger partial charge in [-0.25, -0.2) is 4.79 Å². The fourth-order valence-corrected chi connectivity index (χ4v) is 3.74. The van der Waals surface area contributed by atoms with Crippen molar-refractivity contribution < 1.29 is 22.7 Å². The highest BCUT2D eigenvalue weighted by molar-refractivity contribution is 8.00. The first-order valence-corrected chi connectivity index (χ1v) is 9.06. The predicted octanol–water partition coefficient (Wildman–Crippen LogP) is 3.02. The SMILES string of the molecule is COc1ccc(C(F)(F)F)cc1NC(=O)CSc1nc(=O)[nH]c2c1CCC2. The number of nitrogens with zero attached hydrogens (tertiary/aromatic N) is 1. The number of carbonyl (C=O) groups excluding carboxylic acids is 1. The lowest BCUT2D eigenvalue weighted by atomic mass is 10.2. The minimum Gasteiger partial charge on any atom is -0.495 e. The zero-order valence-corrected chi connectivity index (χ0v) is 15.1. The van der Waals surface area contributed by atoms with Gasteiger partial charge in [0.2, 0.25) is 5.91 Å². The number of H-pyrrole nitrogens is 1. The van der Waals surface area contributed by atoms with Gasteiger partial charge < -0.3 is 15.0 Å². The molecule has 1 aromatic carbocycles. The number of rotatable bonds is 5. The summed E-state index contributed by atoms with van der Waals surface area (Å²) < 4.78 is 43.6. The second-order valence-electron chi connectivity index (χ2n) is 5.91. The lowest BCUT2D eigenvalue weighted by Gasteiger charge is -2.13. The molecule has 0 fully saturated rings. The van der Waals surface area contributed by atoms with Gasteiger partial charge in [0, 0.05) is 11.3 Å². The minimum atomic E-state index is -4.53. The van der Waals surface area contributed by atoms with E-state index in [9.17, 15) is 22.8 Å². The van der Waals surface area contributed by atoms with E-state index in [0.29, 0.717) is 5.03 Å². The van der Waals surface area contributed by atoms with Crippen LogP contribution in [0.3, 0.4) is 0 Å². The third-order valence-corrected chi connectivity index (χ3v) is 5.10. The first kappa shape index (κ1) is 19.3. The Morgan fingerprint density at radius 1 is 1.37 bits per heavy atom. The first-order valence-electron chi connectivity index (χ1n) is 8.08. The molecule has 27 heavy (non-hydrogen) atoms. The number of amides is 1. The number of hydrogen-bond acceptors (Lipinski definition) is 5. The molecule has 1 aromatic heterocycles. The molecule has 10 heteroatoms. The fraction of sp³-hybridized carbons (Fsp3) is 0.353. The van der Waals surface area contributed by atoms with Crippen LogP contribution >= 0.6 is 11.8 Å². The molecule has 1 amide bonds. The van der Waals surface area contributed by atoms with E-state index < -0.39 is 23.3 Å². The molecular weight excluding hydrogens is 383 g/mol. The van der Waals surface area contributed by atoms with Crippen LogP contribution in [0.15, 0.2) is 28.0 Å². The molecule has 2 aromatic rings. The number of ether oxygens (including phenoxy) is 1. The van der Waals surface area contributed by atoms with Crippen LogP contribution in [0.2, 0.25) is 0 Å². The van der Waals surface area contributed by atoms with Crippen LogP contribution in [0.5, 0.6) is 5.75 Å². The molecule has 0 saturated carbocycles. The highest BCUT2D eigenvalue weighted by Crippen LogP contribution is 2.35. The van der Waals surface area contributed by atoms with Crippen molar-refractivity contribution in [2.75, 3.05) is 18.2 Å². The van der Waals surface area contributed by atoms with Gasteiger partial charge in [-0.1, -0.05) is 11.8 Å². The number of carbonyl (C=O) groups is 1. The Labute approximate surface area is 156 Å². The number of hydrogen-bond donors (Lipinski definition) is 2. The largest absolute Gasteiger partial charge is 0.495 e. The third kappa shape index (κ3) is 4.44. The van der Waals surface area contributed by atoms with E-state index in [4.69, 9.17) is 4.74 Å². The van der Waals surface area contributed by atoms with Crippen molar-refractivity contribution in [2.45, 2.75) is 30.5 Å². The topological polar surface area (TPSA) is 84.1 Å².